The van der Waals surface area contributed by atoms with E-state index in [1.807, 2.05) is 4.90 Å². The molecular weight excluding hydrogens is 289 g/mol. The zero-order valence-corrected chi connectivity index (χ0v) is 12.2. The van der Waals surface area contributed by atoms with Gasteiger partial charge in [-0.15, -0.1) is 0 Å². The van der Waals surface area contributed by atoms with Crippen LogP contribution in [0.5, 0.6) is 5.75 Å². The standard InChI is InChI=1S/C15H18FN3O3/c1-22-14-4-10-12(5-11(14)16)17-8-18-15(10)19-3-2-9(7-20)13(21)6-19/h4-5,8-9,13,20-21H,2-3,6-7H2,1H3. The van der Waals surface area contributed by atoms with E-state index in [1.165, 1.54) is 19.5 Å². The number of rotatable bonds is 3. The average Bonchev–Trinajstić information content (AvgIpc) is 2.53. The van der Waals surface area contributed by atoms with E-state index in [0.717, 1.165) is 0 Å². The number of hydrogen-bond donors (Lipinski definition) is 2. The molecule has 7 heteroatoms. The van der Waals surface area contributed by atoms with Gasteiger partial charge in [0.05, 0.1) is 18.7 Å². The molecule has 0 amide bonds. The van der Waals surface area contributed by atoms with Gasteiger partial charge in [-0.25, -0.2) is 14.4 Å². The van der Waals surface area contributed by atoms with E-state index >= 15 is 0 Å². The molecule has 2 atom stereocenters. The first-order valence-corrected chi connectivity index (χ1v) is 7.16. The van der Waals surface area contributed by atoms with Gasteiger partial charge in [-0.3, -0.25) is 0 Å². The van der Waals surface area contributed by atoms with E-state index in [9.17, 15) is 14.6 Å². The molecule has 6 nitrogen and oxygen atoms in total. The van der Waals surface area contributed by atoms with E-state index in [0.29, 0.717) is 36.2 Å². The number of fused-ring (bicyclic) bond motifs is 1. The van der Waals surface area contributed by atoms with E-state index in [4.69, 9.17) is 4.74 Å². The molecular formula is C15H18FN3O3. The van der Waals surface area contributed by atoms with Crippen LogP contribution in [-0.4, -0.2) is 53.1 Å². The Morgan fingerprint density at radius 1 is 1.41 bits per heavy atom. The van der Waals surface area contributed by atoms with Gasteiger partial charge in [0, 0.05) is 37.1 Å². The maximum atomic E-state index is 13.8. The Bertz CT molecular complexity index is 682. The summed E-state index contributed by atoms with van der Waals surface area (Å²) in [6.45, 7) is 1.00. The summed E-state index contributed by atoms with van der Waals surface area (Å²) in [7, 11) is 1.41. The van der Waals surface area contributed by atoms with Gasteiger partial charge in [-0.05, 0) is 12.5 Å². The van der Waals surface area contributed by atoms with Gasteiger partial charge in [0.2, 0.25) is 0 Å². The monoisotopic (exact) mass is 307 g/mol. The van der Waals surface area contributed by atoms with Crippen LogP contribution in [-0.2, 0) is 0 Å². The number of nitrogens with zero attached hydrogens (tertiary/aromatic N) is 3. The lowest BCUT2D eigenvalue weighted by Gasteiger charge is -2.36. The summed E-state index contributed by atoms with van der Waals surface area (Å²) in [5.41, 5.74) is 0.488. The second kappa shape index (κ2) is 6.02. The third-order valence-electron chi connectivity index (χ3n) is 4.14. The molecule has 2 aromatic rings. The second-order valence-corrected chi connectivity index (χ2v) is 5.45. The lowest BCUT2D eigenvalue weighted by Crippen LogP contribution is -2.45. The van der Waals surface area contributed by atoms with Gasteiger partial charge in [-0.1, -0.05) is 0 Å². The number of benzene rings is 1. The van der Waals surface area contributed by atoms with Crippen LogP contribution < -0.4 is 9.64 Å². The highest BCUT2D eigenvalue weighted by Crippen LogP contribution is 2.31. The molecule has 0 saturated carbocycles. The number of ether oxygens (including phenoxy) is 1. The molecule has 0 spiro atoms. The molecule has 2 N–H and O–H groups in total. The molecule has 1 aliphatic heterocycles. The Hall–Kier alpha value is -1.99. The lowest BCUT2D eigenvalue weighted by atomic mass is 9.94. The first-order chi connectivity index (χ1) is 10.6. The maximum Gasteiger partial charge on any atom is 0.167 e. The molecule has 1 aromatic carbocycles. The minimum absolute atomic E-state index is 0.0292. The summed E-state index contributed by atoms with van der Waals surface area (Å²) >= 11 is 0. The number of aromatic nitrogens is 2. The van der Waals surface area contributed by atoms with E-state index in [-0.39, 0.29) is 18.3 Å². The molecule has 3 rings (SSSR count). The van der Waals surface area contributed by atoms with Crippen LogP contribution in [0.1, 0.15) is 6.42 Å². The molecule has 2 heterocycles. The van der Waals surface area contributed by atoms with Crippen molar-refractivity contribution in [3.05, 3.63) is 24.3 Å². The van der Waals surface area contributed by atoms with Crippen molar-refractivity contribution in [2.45, 2.75) is 12.5 Å². The van der Waals surface area contributed by atoms with Gasteiger partial charge < -0.3 is 19.8 Å². The maximum absolute atomic E-state index is 13.8. The van der Waals surface area contributed by atoms with E-state index in [2.05, 4.69) is 9.97 Å². The van der Waals surface area contributed by atoms with Crippen LogP contribution >= 0.6 is 0 Å². The van der Waals surface area contributed by atoms with Crippen LogP contribution in [0.4, 0.5) is 10.2 Å². The fraction of sp³-hybridized carbons (Fsp3) is 0.467. The Balaban J connectivity index is 2.00. The van der Waals surface area contributed by atoms with Crippen molar-refractivity contribution in [2.24, 2.45) is 5.92 Å². The summed E-state index contributed by atoms with van der Waals surface area (Å²) in [5, 5.41) is 20.0. The highest BCUT2D eigenvalue weighted by atomic mass is 19.1. The topological polar surface area (TPSA) is 78.7 Å². The fourth-order valence-corrected chi connectivity index (χ4v) is 2.84. The number of hydrogen-bond acceptors (Lipinski definition) is 6. The molecule has 0 bridgehead atoms. The van der Waals surface area contributed by atoms with Crippen molar-refractivity contribution in [3.8, 4) is 5.75 Å². The molecule has 1 fully saturated rings. The quantitative estimate of drug-likeness (QED) is 0.879. The first-order valence-electron chi connectivity index (χ1n) is 7.16. The first kappa shape index (κ1) is 14.9. The van der Waals surface area contributed by atoms with Crippen LogP contribution in [0.15, 0.2) is 18.5 Å². The van der Waals surface area contributed by atoms with Crippen LogP contribution in [0, 0.1) is 11.7 Å². The summed E-state index contributed by atoms with van der Waals surface area (Å²) < 4.78 is 18.8. The fourth-order valence-electron chi connectivity index (χ4n) is 2.84. The molecule has 22 heavy (non-hydrogen) atoms. The van der Waals surface area contributed by atoms with Crippen molar-refractivity contribution in [2.75, 3.05) is 31.7 Å². The van der Waals surface area contributed by atoms with Crippen molar-refractivity contribution in [3.63, 3.8) is 0 Å². The van der Waals surface area contributed by atoms with Crippen molar-refractivity contribution < 1.29 is 19.3 Å². The Labute approximate surface area is 127 Å². The van der Waals surface area contributed by atoms with Crippen LogP contribution in [0.2, 0.25) is 0 Å². The van der Waals surface area contributed by atoms with Gasteiger partial charge in [-0.2, -0.15) is 0 Å². The highest BCUT2D eigenvalue weighted by Gasteiger charge is 2.28. The number of methoxy groups -OCH3 is 1. The third kappa shape index (κ3) is 2.57. The predicted molar refractivity (Wildman–Crippen MR) is 79.5 cm³/mol. The average molecular weight is 307 g/mol. The third-order valence-corrected chi connectivity index (χ3v) is 4.14. The SMILES string of the molecule is COc1cc2c(N3CCC(CO)C(O)C3)ncnc2cc1F. The highest BCUT2D eigenvalue weighted by molar-refractivity contribution is 5.90. The predicted octanol–water partition coefficient (Wildman–Crippen LogP) is 0.957. The van der Waals surface area contributed by atoms with Gasteiger partial charge in [0.1, 0.15) is 12.1 Å². The number of β-amino-alcohol motifs (C(OH)–C–C–N with tert-alkyl or cyclic N) is 1. The molecule has 118 valence electrons. The van der Waals surface area contributed by atoms with Crippen molar-refractivity contribution in [1.29, 1.82) is 0 Å². The summed E-state index contributed by atoms with van der Waals surface area (Å²) in [5.74, 6) is 0.183. The minimum atomic E-state index is -0.619. The second-order valence-electron chi connectivity index (χ2n) is 5.45. The largest absolute Gasteiger partial charge is 0.494 e. The Morgan fingerprint density at radius 3 is 2.91 bits per heavy atom. The number of aliphatic hydroxyl groups excluding tert-OH is 2. The summed E-state index contributed by atoms with van der Waals surface area (Å²) in [4.78, 5) is 10.3. The molecule has 0 radical (unpaired) electrons. The molecule has 1 saturated heterocycles. The Kier molecular flexibility index (Phi) is 4.08. The summed E-state index contributed by atoms with van der Waals surface area (Å²) in [6, 6.07) is 2.89. The molecule has 2 unspecified atom stereocenters. The zero-order valence-electron chi connectivity index (χ0n) is 12.2. The molecule has 1 aliphatic rings. The number of anilines is 1. The van der Waals surface area contributed by atoms with Gasteiger partial charge in [0.25, 0.3) is 0 Å². The Morgan fingerprint density at radius 2 is 2.23 bits per heavy atom. The molecule has 1 aromatic heterocycles. The normalized spacial score (nSPS) is 22.1. The van der Waals surface area contributed by atoms with Gasteiger partial charge in [0.15, 0.2) is 11.6 Å². The van der Waals surface area contributed by atoms with Gasteiger partial charge >= 0.3 is 0 Å². The summed E-state index contributed by atoms with van der Waals surface area (Å²) in [6.07, 6.45) is 1.43. The van der Waals surface area contributed by atoms with Crippen LogP contribution in [0.3, 0.4) is 0 Å². The zero-order chi connectivity index (χ0) is 15.7. The molecule has 0 aliphatic carbocycles. The van der Waals surface area contributed by atoms with Crippen LogP contribution in [0.25, 0.3) is 10.9 Å². The van der Waals surface area contributed by atoms with Crippen molar-refractivity contribution in [1.82, 2.24) is 9.97 Å². The van der Waals surface area contributed by atoms with E-state index < -0.39 is 11.9 Å². The minimum Gasteiger partial charge on any atom is -0.494 e. The number of piperidine rings is 1. The number of aliphatic hydroxyl groups is 2. The van der Waals surface area contributed by atoms with Crippen molar-refractivity contribution >= 4 is 16.7 Å². The smallest absolute Gasteiger partial charge is 0.167 e. The lowest BCUT2D eigenvalue weighted by molar-refractivity contribution is 0.0547. The van der Waals surface area contributed by atoms with E-state index in [1.54, 1.807) is 6.07 Å². The number of halogens is 1.